The van der Waals surface area contributed by atoms with Crippen LogP contribution >= 0.6 is 11.3 Å². The zero-order chi connectivity index (χ0) is 16.9. The molecule has 0 radical (unpaired) electrons. The Morgan fingerprint density at radius 2 is 2.04 bits per heavy atom. The number of nitrogens with one attached hydrogen (secondary N) is 1. The summed E-state index contributed by atoms with van der Waals surface area (Å²) in [5.74, 6) is 1.50. The first-order chi connectivity index (χ1) is 11.7. The predicted molar refractivity (Wildman–Crippen MR) is 89.1 cm³/mol. The minimum atomic E-state index is -0.524. The van der Waals surface area contributed by atoms with E-state index >= 15 is 0 Å². The number of methoxy groups -OCH3 is 1. The van der Waals surface area contributed by atoms with Crippen molar-refractivity contribution in [2.75, 3.05) is 12.4 Å². The molecule has 1 N–H and O–H groups in total. The van der Waals surface area contributed by atoms with E-state index in [0.717, 1.165) is 4.88 Å². The maximum Gasteiger partial charge on any atom is 0.411 e. The number of hydrogen-bond donors (Lipinski definition) is 1. The van der Waals surface area contributed by atoms with Crippen LogP contribution in [-0.2, 0) is 4.74 Å². The molecule has 7 nitrogen and oxygen atoms in total. The molecule has 8 heteroatoms. The maximum atomic E-state index is 11.1. The van der Waals surface area contributed by atoms with E-state index in [1.807, 2.05) is 24.4 Å². The molecule has 0 saturated heterocycles. The van der Waals surface area contributed by atoms with Crippen LogP contribution in [0.25, 0.3) is 10.8 Å². The van der Waals surface area contributed by atoms with Crippen molar-refractivity contribution in [3.05, 3.63) is 47.7 Å². The van der Waals surface area contributed by atoms with Gasteiger partial charge in [0.25, 0.3) is 11.8 Å². The maximum absolute atomic E-state index is 11.1. The van der Waals surface area contributed by atoms with Gasteiger partial charge in [-0.2, -0.15) is 0 Å². The number of carbonyl (C=O) groups is 1. The number of amides is 1. The molecule has 0 spiro atoms. The number of anilines is 1. The summed E-state index contributed by atoms with van der Waals surface area (Å²) in [6.07, 6.45) is -0.922. The van der Waals surface area contributed by atoms with E-state index < -0.39 is 12.2 Å². The van der Waals surface area contributed by atoms with Gasteiger partial charge in [-0.15, -0.1) is 21.5 Å². The van der Waals surface area contributed by atoms with Gasteiger partial charge in [-0.3, -0.25) is 5.32 Å². The lowest BCUT2D eigenvalue weighted by Crippen LogP contribution is -2.10. The summed E-state index contributed by atoms with van der Waals surface area (Å²) in [5, 5.41) is 12.6. The lowest BCUT2D eigenvalue weighted by molar-refractivity contribution is 0.186. The molecule has 0 aliphatic rings. The Kier molecular flexibility index (Phi) is 4.76. The van der Waals surface area contributed by atoms with Crippen molar-refractivity contribution in [3.8, 4) is 16.5 Å². The van der Waals surface area contributed by atoms with Crippen LogP contribution in [0.5, 0.6) is 5.75 Å². The largest absolute Gasteiger partial charge is 0.481 e. The molecule has 124 valence electrons. The van der Waals surface area contributed by atoms with Crippen molar-refractivity contribution in [1.82, 2.24) is 10.2 Å². The number of ether oxygens (including phenoxy) is 2. The average Bonchev–Trinajstić information content (AvgIpc) is 3.27. The quantitative estimate of drug-likeness (QED) is 0.748. The van der Waals surface area contributed by atoms with E-state index in [2.05, 4.69) is 20.3 Å². The van der Waals surface area contributed by atoms with E-state index in [9.17, 15) is 4.79 Å². The van der Waals surface area contributed by atoms with Gasteiger partial charge >= 0.3 is 6.09 Å². The van der Waals surface area contributed by atoms with Gasteiger partial charge in [0.1, 0.15) is 5.75 Å². The van der Waals surface area contributed by atoms with Crippen LogP contribution in [0.15, 0.2) is 46.2 Å². The highest BCUT2D eigenvalue weighted by Crippen LogP contribution is 2.27. The molecule has 3 rings (SSSR count). The topological polar surface area (TPSA) is 86.5 Å². The Morgan fingerprint density at radius 1 is 1.25 bits per heavy atom. The van der Waals surface area contributed by atoms with Crippen LogP contribution in [-0.4, -0.2) is 23.4 Å². The highest BCUT2D eigenvalue weighted by molar-refractivity contribution is 7.13. The van der Waals surface area contributed by atoms with E-state index in [4.69, 9.17) is 9.15 Å². The molecule has 0 saturated carbocycles. The van der Waals surface area contributed by atoms with E-state index in [0.29, 0.717) is 23.2 Å². The molecule has 3 aromatic rings. The Morgan fingerprint density at radius 3 is 2.71 bits per heavy atom. The molecule has 1 amide bonds. The van der Waals surface area contributed by atoms with Crippen LogP contribution < -0.4 is 10.1 Å². The molecule has 0 fully saturated rings. The SMILES string of the molecule is COC(=O)Nc1ccc(OC(C)c2nnc(-c3cccs3)o2)cc1. The van der Waals surface area contributed by atoms with Crippen LogP contribution in [0.4, 0.5) is 10.5 Å². The van der Waals surface area contributed by atoms with Gasteiger partial charge in [-0.1, -0.05) is 6.07 Å². The Bertz CT molecular complexity index is 799. The normalized spacial score (nSPS) is 11.8. The van der Waals surface area contributed by atoms with Crippen LogP contribution in [0, 0.1) is 0 Å². The first-order valence-corrected chi connectivity index (χ1v) is 8.02. The van der Waals surface area contributed by atoms with Crippen molar-refractivity contribution >= 4 is 23.1 Å². The highest BCUT2D eigenvalue weighted by Gasteiger charge is 2.17. The number of benzene rings is 1. The van der Waals surface area contributed by atoms with Gasteiger partial charge in [-0.25, -0.2) is 4.79 Å². The second-order valence-corrected chi connectivity index (χ2v) is 5.77. The van der Waals surface area contributed by atoms with Gasteiger partial charge < -0.3 is 13.9 Å². The Balaban J connectivity index is 1.64. The zero-order valence-electron chi connectivity index (χ0n) is 13.1. The second-order valence-electron chi connectivity index (χ2n) is 4.82. The molecule has 0 aliphatic carbocycles. The van der Waals surface area contributed by atoms with Crippen LogP contribution in [0.2, 0.25) is 0 Å². The van der Waals surface area contributed by atoms with Crippen molar-refractivity contribution in [3.63, 3.8) is 0 Å². The number of thiophene rings is 1. The molecule has 2 heterocycles. The van der Waals surface area contributed by atoms with Crippen LogP contribution in [0.1, 0.15) is 18.9 Å². The number of nitrogens with zero attached hydrogens (tertiary/aromatic N) is 2. The fourth-order valence-corrected chi connectivity index (χ4v) is 2.58. The molecule has 0 aliphatic heterocycles. The summed E-state index contributed by atoms with van der Waals surface area (Å²) in [4.78, 5) is 12.1. The Labute approximate surface area is 142 Å². The highest BCUT2D eigenvalue weighted by atomic mass is 32.1. The molecule has 24 heavy (non-hydrogen) atoms. The monoisotopic (exact) mass is 345 g/mol. The van der Waals surface area contributed by atoms with Crippen molar-refractivity contribution in [2.24, 2.45) is 0 Å². The van der Waals surface area contributed by atoms with E-state index in [-0.39, 0.29) is 0 Å². The Hall–Kier alpha value is -2.87. The molecule has 2 aromatic heterocycles. The second kappa shape index (κ2) is 7.14. The first-order valence-electron chi connectivity index (χ1n) is 7.14. The molecule has 0 bridgehead atoms. The summed E-state index contributed by atoms with van der Waals surface area (Å²) < 4.78 is 16.0. The lowest BCUT2D eigenvalue weighted by Gasteiger charge is -2.11. The fourth-order valence-electron chi connectivity index (χ4n) is 1.94. The van der Waals surface area contributed by atoms with Crippen molar-refractivity contribution in [2.45, 2.75) is 13.0 Å². The number of rotatable bonds is 5. The van der Waals surface area contributed by atoms with Crippen LogP contribution in [0.3, 0.4) is 0 Å². The standard InChI is InChI=1S/C16H15N3O4S/c1-10(14-18-19-15(23-14)13-4-3-9-24-13)22-12-7-5-11(6-8-12)17-16(20)21-2/h3-10H,1-2H3,(H,17,20). The summed E-state index contributed by atoms with van der Waals surface area (Å²) in [6, 6.07) is 10.7. The third kappa shape index (κ3) is 3.72. The number of carbonyl (C=O) groups excluding carboxylic acids is 1. The summed E-state index contributed by atoms with van der Waals surface area (Å²) in [6.45, 7) is 1.83. The fraction of sp³-hybridized carbons (Fsp3) is 0.188. The van der Waals surface area contributed by atoms with Gasteiger partial charge in [0.2, 0.25) is 0 Å². The molecule has 1 unspecified atom stereocenters. The molecule has 1 aromatic carbocycles. The van der Waals surface area contributed by atoms with Gasteiger partial charge in [0, 0.05) is 5.69 Å². The number of aromatic nitrogens is 2. The number of hydrogen-bond acceptors (Lipinski definition) is 7. The third-order valence-electron chi connectivity index (χ3n) is 3.12. The van der Waals surface area contributed by atoms with Gasteiger partial charge in [0.15, 0.2) is 6.10 Å². The molecular formula is C16H15N3O4S. The predicted octanol–water partition coefficient (Wildman–Crippen LogP) is 4.12. The summed E-state index contributed by atoms with van der Waals surface area (Å²) in [7, 11) is 1.31. The summed E-state index contributed by atoms with van der Waals surface area (Å²) in [5.41, 5.74) is 0.611. The molecular weight excluding hydrogens is 330 g/mol. The van der Waals surface area contributed by atoms with Gasteiger partial charge in [-0.05, 0) is 42.6 Å². The third-order valence-corrected chi connectivity index (χ3v) is 3.98. The smallest absolute Gasteiger partial charge is 0.411 e. The first kappa shape index (κ1) is 16.0. The van der Waals surface area contributed by atoms with E-state index in [1.165, 1.54) is 18.4 Å². The lowest BCUT2D eigenvalue weighted by atomic mass is 10.3. The summed E-state index contributed by atoms with van der Waals surface area (Å²) >= 11 is 1.53. The molecule has 1 atom stereocenters. The minimum Gasteiger partial charge on any atom is -0.481 e. The average molecular weight is 345 g/mol. The van der Waals surface area contributed by atoms with Crippen molar-refractivity contribution in [1.29, 1.82) is 0 Å². The van der Waals surface area contributed by atoms with E-state index in [1.54, 1.807) is 24.3 Å². The van der Waals surface area contributed by atoms with Gasteiger partial charge in [0.05, 0.1) is 12.0 Å². The minimum absolute atomic E-state index is 0.398. The van der Waals surface area contributed by atoms with Crippen molar-refractivity contribution < 1.29 is 18.7 Å². The zero-order valence-corrected chi connectivity index (χ0v) is 13.9.